The second kappa shape index (κ2) is 7.31. The van der Waals surface area contributed by atoms with Crippen molar-refractivity contribution >= 4 is 32.6 Å². The van der Waals surface area contributed by atoms with E-state index in [-0.39, 0.29) is 12.4 Å². The van der Waals surface area contributed by atoms with Crippen LogP contribution >= 0.6 is 0 Å². The molecular weight excluding hydrogens is 398 g/mol. The molecule has 5 rings (SSSR count). The molecule has 0 unspecified atom stereocenters. The zero-order chi connectivity index (χ0) is 21.7. The van der Waals surface area contributed by atoms with E-state index >= 15 is 0 Å². The van der Waals surface area contributed by atoms with Gasteiger partial charge in [-0.05, 0) is 18.2 Å². The van der Waals surface area contributed by atoms with E-state index in [0.29, 0.717) is 34.9 Å². The average Bonchev–Trinajstić information content (AvgIpc) is 3.23. The largest absolute Gasteiger partial charge is 0.493 e. The summed E-state index contributed by atoms with van der Waals surface area (Å²) in [6, 6.07) is 7.37. The molecule has 31 heavy (non-hydrogen) atoms. The number of fused-ring (bicyclic) bond motifs is 6. The van der Waals surface area contributed by atoms with Crippen LogP contribution < -0.4 is 29.4 Å². The summed E-state index contributed by atoms with van der Waals surface area (Å²) >= 11 is 0. The molecule has 0 spiro atoms. The minimum atomic E-state index is -0.0742. The molecule has 3 heterocycles. The summed E-state index contributed by atoms with van der Waals surface area (Å²) < 4.78 is 23.9. The number of quaternary nitrogens is 1. The van der Waals surface area contributed by atoms with E-state index < -0.39 is 0 Å². The highest BCUT2D eigenvalue weighted by Gasteiger charge is 2.21. The van der Waals surface area contributed by atoms with E-state index in [2.05, 4.69) is 19.1 Å². The van der Waals surface area contributed by atoms with Crippen LogP contribution in [0.3, 0.4) is 0 Å². The van der Waals surface area contributed by atoms with Gasteiger partial charge in [-0.3, -0.25) is 9.78 Å². The van der Waals surface area contributed by atoms with Crippen LogP contribution in [0.2, 0.25) is 0 Å². The number of rotatable bonds is 5. The second-order valence-corrected chi connectivity index (χ2v) is 7.91. The molecule has 0 aliphatic carbocycles. The first-order chi connectivity index (χ1) is 15.0. The molecule has 8 nitrogen and oxygen atoms in total. The van der Waals surface area contributed by atoms with Gasteiger partial charge in [-0.1, -0.05) is 0 Å². The van der Waals surface area contributed by atoms with Gasteiger partial charge in [-0.15, -0.1) is 0 Å². The molecule has 0 saturated carbocycles. The Morgan fingerprint density at radius 2 is 1.65 bits per heavy atom. The van der Waals surface area contributed by atoms with Gasteiger partial charge < -0.3 is 28.4 Å². The Bertz CT molecular complexity index is 1390. The average molecular weight is 422 g/mol. The van der Waals surface area contributed by atoms with E-state index in [1.54, 1.807) is 20.3 Å². The zero-order valence-electron chi connectivity index (χ0n) is 17.9. The quantitative estimate of drug-likeness (QED) is 0.493. The predicted octanol–water partition coefficient (Wildman–Crippen LogP) is 1.59. The lowest BCUT2D eigenvalue weighted by atomic mass is 10.0. The minimum Gasteiger partial charge on any atom is -0.493 e. The molecule has 4 aromatic rings. The lowest BCUT2D eigenvalue weighted by Gasteiger charge is -2.17. The van der Waals surface area contributed by atoms with Crippen molar-refractivity contribution in [2.24, 2.45) is 0 Å². The summed E-state index contributed by atoms with van der Waals surface area (Å²) in [5.41, 5.74) is 1.51. The van der Waals surface area contributed by atoms with Crippen LogP contribution in [0.5, 0.6) is 23.0 Å². The second-order valence-electron chi connectivity index (χ2n) is 7.91. The maximum Gasteiger partial charge on any atom is 0.259 e. The fourth-order valence-electron chi connectivity index (χ4n) is 4.13. The normalized spacial score (nSPS) is 12.9. The van der Waals surface area contributed by atoms with Gasteiger partial charge in [0.2, 0.25) is 6.79 Å². The first-order valence-electron chi connectivity index (χ1n) is 10.1. The predicted molar refractivity (Wildman–Crippen MR) is 118 cm³/mol. The van der Waals surface area contributed by atoms with Crippen LogP contribution in [0, 0.1) is 0 Å². The molecule has 160 valence electrons. The number of ether oxygens (including phenoxy) is 4. The van der Waals surface area contributed by atoms with Gasteiger partial charge in [0.15, 0.2) is 23.0 Å². The van der Waals surface area contributed by atoms with Gasteiger partial charge in [0.05, 0.1) is 57.8 Å². The topological polar surface area (TPSA) is 76.3 Å². The SMILES string of the molecule is COc1cc2c(=O)n(CC[NH+](C)C)c3c4cc5c(cc4ncc3c2cc1OC)OCO5. The number of aromatic nitrogens is 2. The highest BCUT2D eigenvalue weighted by atomic mass is 16.7. The van der Waals surface area contributed by atoms with Gasteiger partial charge in [-0.2, -0.15) is 0 Å². The Balaban J connectivity index is 1.94. The Morgan fingerprint density at radius 3 is 2.32 bits per heavy atom. The van der Waals surface area contributed by atoms with Crippen molar-refractivity contribution in [3.63, 3.8) is 0 Å². The first kappa shape index (κ1) is 19.4. The third-order valence-electron chi connectivity index (χ3n) is 5.73. The number of benzene rings is 2. The van der Waals surface area contributed by atoms with Gasteiger partial charge in [-0.25, -0.2) is 0 Å². The van der Waals surface area contributed by atoms with E-state index in [0.717, 1.165) is 33.7 Å². The molecule has 2 aromatic carbocycles. The Hall–Kier alpha value is -3.52. The van der Waals surface area contributed by atoms with Crippen molar-refractivity contribution in [3.8, 4) is 23.0 Å². The van der Waals surface area contributed by atoms with E-state index in [1.165, 1.54) is 4.90 Å². The van der Waals surface area contributed by atoms with Crippen LogP contribution in [0.15, 0.2) is 35.3 Å². The van der Waals surface area contributed by atoms with Crippen LogP contribution in [0.4, 0.5) is 0 Å². The monoisotopic (exact) mass is 422 g/mol. The number of methoxy groups -OCH3 is 2. The van der Waals surface area contributed by atoms with Crippen LogP contribution in [-0.2, 0) is 6.54 Å². The number of nitrogens with zero attached hydrogens (tertiary/aromatic N) is 2. The van der Waals surface area contributed by atoms with Crippen molar-refractivity contribution in [2.75, 3.05) is 41.7 Å². The summed E-state index contributed by atoms with van der Waals surface area (Å²) in [6.45, 7) is 1.54. The number of nitrogens with one attached hydrogen (secondary N) is 1. The van der Waals surface area contributed by atoms with Gasteiger partial charge in [0.25, 0.3) is 5.56 Å². The highest BCUT2D eigenvalue weighted by molar-refractivity contribution is 6.15. The molecule has 1 aliphatic heterocycles. The number of hydrogen-bond acceptors (Lipinski definition) is 6. The molecule has 0 bridgehead atoms. The third-order valence-corrected chi connectivity index (χ3v) is 5.73. The number of likely N-dealkylation sites (N-methyl/N-ethyl adjacent to an activating group) is 1. The zero-order valence-corrected chi connectivity index (χ0v) is 17.9. The molecule has 0 atom stereocenters. The molecule has 0 amide bonds. The maximum absolute atomic E-state index is 13.7. The molecule has 1 N–H and O–H groups in total. The summed E-state index contributed by atoms with van der Waals surface area (Å²) in [7, 11) is 7.29. The molecule has 2 aromatic heterocycles. The molecule has 0 radical (unpaired) electrons. The van der Waals surface area contributed by atoms with E-state index in [4.69, 9.17) is 18.9 Å². The molecule has 8 heteroatoms. The van der Waals surface area contributed by atoms with Crippen LogP contribution in [0.1, 0.15) is 0 Å². The lowest BCUT2D eigenvalue weighted by Crippen LogP contribution is -3.06. The van der Waals surface area contributed by atoms with Crippen molar-refractivity contribution in [1.29, 1.82) is 0 Å². The lowest BCUT2D eigenvalue weighted by molar-refractivity contribution is -0.858. The molecular formula is C23H24N3O5+. The van der Waals surface area contributed by atoms with Crippen LogP contribution in [-0.4, -0.2) is 51.2 Å². The summed E-state index contributed by atoms with van der Waals surface area (Å²) in [5, 5.41) is 3.07. The minimum absolute atomic E-state index is 0.0742. The number of hydrogen-bond donors (Lipinski definition) is 1. The van der Waals surface area contributed by atoms with Crippen LogP contribution in [0.25, 0.3) is 32.6 Å². The van der Waals surface area contributed by atoms with Crippen molar-refractivity contribution in [3.05, 3.63) is 40.8 Å². The fourth-order valence-corrected chi connectivity index (χ4v) is 4.13. The Kier molecular flexibility index (Phi) is 4.59. The van der Waals surface area contributed by atoms with Gasteiger partial charge >= 0.3 is 0 Å². The van der Waals surface area contributed by atoms with Crippen molar-refractivity contribution in [1.82, 2.24) is 9.55 Å². The van der Waals surface area contributed by atoms with E-state index in [9.17, 15) is 4.79 Å². The third kappa shape index (κ3) is 3.02. The number of pyridine rings is 2. The molecule has 0 fully saturated rings. The van der Waals surface area contributed by atoms with Gasteiger partial charge in [0, 0.05) is 28.4 Å². The van der Waals surface area contributed by atoms with Crippen molar-refractivity contribution < 1.29 is 23.8 Å². The maximum atomic E-state index is 13.7. The summed E-state index contributed by atoms with van der Waals surface area (Å²) in [5.74, 6) is 2.41. The standard InChI is InChI=1S/C23H23N3O5/c1-25(2)5-6-26-22-15-9-20-21(31-12-30-20)10-17(15)24-11-16(22)13-7-18(28-3)19(29-4)8-14(13)23(26)27/h7-11H,5-6,12H2,1-4H3/p+1. The Labute approximate surface area is 178 Å². The summed E-state index contributed by atoms with van der Waals surface area (Å²) in [4.78, 5) is 19.6. The highest BCUT2D eigenvalue weighted by Crippen LogP contribution is 2.40. The van der Waals surface area contributed by atoms with Crippen molar-refractivity contribution in [2.45, 2.75) is 6.54 Å². The summed E-state index contributed by atoms with van der Waals surface area (Å²) in [6.07, 6.45) is 1.81. The Morgan fingerprint density at radius 1 is 0.968 bits per heavy atom. The molecule has 1 aliphatic rings. The molecule has 0 saturated heterocycles. The fraction of sp³-hybridized carbons (Fsp3) is 0.304. The van der Waals surface area contributed by atoms with E-state index in [1.807, 2.05) is 29.0 Å². The first-order valence-corrected chi connectivity index (χ1v) is 10.1. The smallest absolute Gasteiger partial charge is 0.259 e. The van der Waals surface area contributed by atoms with Gasteiger partial charge in [0.1, 0.15) is 0 Å².